The van der Waals surface area contributed by atoms with E-state index < -0.39 is 5.97 Å². The molecule has 1 N–H and O–H groups in total. The summed E-state index contributed by atoms with van der Waals surface area (Å²) < 4.78 is 11.2. The number of fused-ring (bicyclic) bond motifs is 1. The van der Waals surface area contributed by atoms with Gasteiger partial charge in [-0.25, -0.2) is 9.78 Å². The number of hydrogen-bond acceptors (Lipinski definition) is 6. The van der Waals surface area contributed by atoms with E-state index in [9.17, 15) is 4.79 Å². The molecule has 2 aliphatic rings. The van der Waals surface area contributed by atoms with Gasteiger partial charge >= 0.3 is 5.97 Å². The molecule has 1 fully saturated rings. The van der Waals surface area contributed by atoms with Crippen molar-refractivity contribution in [3.8, 4) is 11.5 Å². The van der Waals surface area contributed by atoms with E-state index in [2.05, 4.69) is 38.8 Å². The minimum absolute atomic E-state index is 0.386. The molecule has 1 saturated heterocycles. The molecule has 1 atom stereocenters. The van der Waals surface area contributed by atoms with Crippen LogP contribution in [0.15, 0.2) is 72.6 Å². The Morgan fingerprint density at radius 2 is 1.88 bits per heavy atom. The van der Waals surface area contributed by atoms with Gasteiger partial charge in [-0.3, -0.25) is 4.90 Å². The third-order valence-corrected chi connectivity index (χ3v) is 8.48. The highest BCUT2D eigenvalue weighted by Gasteiger charge is 2.25. The Kier molecular flexibility index (Phi) is 7.99. The Balaban J connectivity index is 1.17. The van der Waals surface area contributed by atoms with Gasteiger partial charge in [0.15, 0.2) is 0 Å². The van der Waals surface area contributed by atoms with Gasteiger partial charge in [-0.15, -0.1) is 0 Å². The lowest BCUT2D eigenvalue weighted by atomic mass is 9.82. The average molecular weight is 571 g/mol. The number of hydrogen-bond donors (Lipinski definition) is 1. The summed E-state index contributed by atoms with van der Waals surface area (Å²) in [5.41, 5.74) is 6.56. The monoisotopic (exact) mass is 570 g/mol. The van der Waals surface area contributed by atoms with Crippen LogP contribution in [0.3, 0.4) is 0 Å². The number of benzene rings is 2. The number of carbonyl (C=O) groups excluding carboxylic acids is 1. The maximum atomic E-state index is 12.5. The fourth-order valence-corrected chi connectivity index (χ4v) is 6.11. The summed E-state index contributed by atoms with van der Waals surface area (Å²) >= 11 is 6.16. The molecule has 1 unspecified atom stereocenters. The van der Waals surface area contributed by atoms with Crippen LogP contribution in [0, 0.1) is 5.92 Å². The van der Waals surface area contributed by atoms with Gasteiger partial charge in [0.1, 0.15) is 22.7 Å². The van der Waals surface area contributed by atoms with Crippen molar-refractivity contribution in [3.63, 3.8) is 0 Å². The van der Waals surface area contributed by atoms with Crippen LogP contribution in [0.4, 0.5) is 5.69 Å². The van der Waals surface area contributed by atoms with E-state index in [0.717, 1.165) is 67.3 Å². The zero-order chi connectivity index (χ0) is 28.3. The Morgan fingerprint density at radius 1 is 1.07 bits per heavy atom. The van der Waals surface area contributed by atoms with Crippen LogP contribution in [0.25, 0.3) is 16.6 Å². The highest BCUT2D eigenvalue weighted by atomic mass is 35.5. The van der Waals surface area contributed by atoms with Gasteiger partial charge < -0.3 is 19.4 Å². The van der Waals surface area contributed by atoms with Gasteiger partial charge in [-0.2, -0.15) is 0 Å². The highest BCUT2D eigenvalue weighted by Crippen LogP contribution is 2.37. The molecule has 7 nitrogen and oxygen atoms in total. The van der Waals surface area contributed by atoms with Gasteiger partial charge in [0.2, 0.25) is 0 Å². The van der Waals surface area contributed by atoms with E-state index >= 15 is 0 Å². The Morgan fingerprint density at radius 3 is 2.66 bits per heavy atom. The van der Waals surface area contributed by atoms with E-state index in [0.29, 0.717) is 23.0 Å². The molecule has 8 heteroatoms. The Bertz CT molecular complexity index is 1570. The third kappa shape index (κ3) is 6.11. The van der Waals surface area contributed by atoms with Crippen molar-refractivity contribution in [2.45, 2.75) is 26.2 Å². The molecule has 0 spiro atoms. The molecule has 4 aromatic rings. The molecule has 0 amide bonds. The van der Waals surface area contributed by atoms with E-state index in [1.165, 1.54) is 24.7 Å². The van der Waals surface area contributed by atoms with E-state index in [1.54, 1.807) is 17.8 Å². The number of pyridine rings is 1. The number of rotatable bonds is 7. The van der Waals surface area contributed by atoms with Crippen LogP contribution in [-0.4, -0.2) is 60.7 Å². The topological polar surface area (TPSA) is 70.7 Å². The largest absolute Gasteiger partial charge is 0.465 e. The van der Waals surface area contributed by atoms with Gasteiger partial charge in [0.05, 0.1) is 13.3 Å². The van der Waals surface area contributed by atoms with E-state index in [-0.39, 0.29) is 0 Å². The van der Waals surface area contributed by atoms with Crippen molar-refractivity contribution < 1.29 is 14.3 Å². The summed E-state index contributed by atoms with van der Waals surface area (Å²) in [5, 5.41) is 1.72. The summed E-state index contributed by atoms with van der Waals surface area (Å²) in [5.74, 6) is 1.30. The van der Waals surface area contributed by atoms with Crippen LogP contribution in [0.5, 0.6) is 11.5 Å². The van der Waals surface area contributed by atoms with E-state index in [1.807, 2.05) is 42.6 Å². The first kappa shape index (κ1) is 27.4. The van der Waals surface area contributed by atoms with Crippen molar-refractivity contribution in [2.24, 2.45) is 5.92 Å². The van der Waals surface area contributed by atoms with Gasteiger partial charge in [-0.05, 0) is 72.7 Å². The quantitative estimate of drug-likeness (QED) is 0.237. The van der Waals surface area contributed by atoms with Crippen LogP contribution >= 0.6 is 11.6 Å². The van der Waals surface area contributed by atoms with Gasteiger partial charge in [0.25, 0.3) is 0 Å². The summed E-state index contributed by atoms with van der Waals surface area (Å²) in [6.07, 6.45) is 7.00. The number of H-pyrrole nitrogens is 1. The van der Waals surface area contributed by atoms with Crippen molar-refractivity contribution in [1.82, 2.24) is 14.9 Å². The first-order valence-electron chi connectivity index (χ1n) is 14.2. The Hall–Kier alpha value is -3.81. The molecule has 0 radical (unpaired) electrons. The number of aromatic amines is 1. The van der Waals surface area contributed by atoms with Gasteiger partial charge in [-0.1, -0.05) is 36.2 Å². The molecule has 0 saturated carbocycles. The maximum Gasteiger partial charge on any atom is 0.341 e. The molecule has 1 aliphatic carbocycles. The number of carbonyl (C=O) groups is 1. The average Bonchev–Trinajstić information content (AvgIpc) is 3.46. The van der Waals surface area contributed by atoms with Crippen LogP contribution in [-0.2, 0) is 4.74 Å². The predicted molar refractivity (Wildman–Crippen MR) is 164 cm³/mol. The van der Waals surface area contributed by atoms with E-state index in [4.69, 9.17) is 21.1 Å². The molecular weight excluding hydrogens is 536 g/mol. The molecule has 41 heavy (non-hydrogen) atoms. The number of anilines is 1. The SMILES string of the molecule is COC(=O)c1ccc(N2CCN(CC3=C(c4ccc(Cl)cc4)CCC(C)C3)CC2)cc1Oc1cnc2[nH]ccc2c1. The number of halogens is 1. The summed E-state index contributed by atoms with van der Waals surface area (Å²) in [6, 6.07) is 17.9. The Labute approximate surface area is 245 Å². The second kappa shape index (κ2) is 12.0. The second-order valence-electron chi connectivity index (χ2n) is 11.1. The summed E-state index contributed by atoms with van der Waals surface area (Å²) in [4.78, 5) is 25.0. The summed E-state index contributed by atoms with van der Waals surface area (Å²) in [6.45, 7) is 7.09. The lowest BCUT2D eigenvalue weighted by Crippen LogP contribution is -2.47. The molecule has 2 aromatic carbocycles. The van der Waals surface area contributed by atoms with Crippen LogP contribution in [0.1, 0.15) is 42.1 Å². The smallest absolute Gasteiger partial charge is 0.341 e. The van der Waals surface area contributed by atoms with Crippen molar-refractivity contribution in [2.75, 3.05) is 44.7 Å². The fraction of sp³-hybridized carbons (Fsp3) is 0.333. The first-order chi connectivity index (χ1) is 20.0. The normalized spacial score (nSPS) is 18.1. The zero-order valence-corrected chi connectivity index (χ0v) is 24.3. The lowest BCUT2D eigenvalue weighted by Gasteiger charge is -2.38. The van der Waals surface area contributed by atoms with Crippen molar-refractivity contribution in [3.05, 3.63) is 88.7 Å². The molecule has 212 valence electrons. The maximum absolute atomic E-state index is 12.5. The zero-order valence-electron chi connectivity index (χ0n) is 23.5. The van der Waals surface area contributed by atoms with Crippen molar-refractivity contribution in [1.29, 1.82) is 0 Å². The molecule has 6 rings (SSSR count). The second-order valence-corrected chi connectivity index (χ2v) is 11.5. The molecule has 2 aromatic heterocycles. The lowest BCUT2D eigenvalue weighted by molar-refractivity contribution is 0.0598. The fourth-order valence-electron chi connectivity index (χ4n) is 5.98. The number of aromatic nitrogens is 2. The number of ether oxygens (including phenoxy) is 2. The molecule has 3 heterocycles. The minimum Gasteiger partial charge on any atom is -0.465 e. The first-order valence-corrected chi connectivity index (χ1v) is 14.6. The molecule has 0 bridgehead atoms. The number of esters is 1. The number of nitrogens with one attached hydrogen (secondary N) is 1. The summed E-state index contributed by atoms with van der Waals surface area (Å²) in [7, 11) is 1.38. The van der Waals surface area contributed by atoms with Crippen molar-refractivity contribution >= 4 is 39.9 Å². The number of nitrogens with zero attached hydrogens (tertiary/aromatic N) is 3. The van der Waals surface area contributed by atoms with Gasteiger partial charge in [0, 0.05) is 61.1 Å². The number of piperazine rings is 1. The number of allylic oxidation sites excluding steroid dienone is 1. The molecule has 1 aliphatic heterocycles. The highest BCUT2D eigenvalue weighted by molar-refractivity contribution is 6.30. The van der Waals surface area contributed by atoms with Crippen LogP contribution in [0.2, 0.25) is 5.02 Å². The standard InChI is InChI=1S/C33H35ClN4O3/c1-22-3-9-29(23-4-6-26(34)7-5-23)25(17-22)21-37-13-15-38(16-14-37)27-8-10-30(33(39)40-2)31(19-27)41-28-18-24-11-12-35-32(24)36-20-28/h4-8,10-12,18-20,22H,3,9,13-17,21H2,1-2H3,(H,35,36). The molecular formula is C33H35ClN4O3. The number of methoxy groups -OCH3 is 1. The third-order valence-electron chi connectivity index (χ3n) is 8.23. The van der Waals surface area contributed by atoms with Crippen LogP contribution < -0.4 is 9.64 Å². The predicted octanol–water partition coefficient (Wildman–Crippen LogP) is 7.19. The minimum atomic E-state index is -0.432.